The van der Waals surface area contributed by atoms with Gasteiger partial charge in [-0.05, 0) is 42.3 Å². The van der Waals surface area contributed by atoms with E-state index in [2.05, 4.69) is 15.9 Å². The van der Waals surface area contributed by atoms with Gasteiger partial charge in [0.05, 0.1) is 12.7 Å². The molecule has 0 saturated carbocycles. The smallest absolute Gasteiger partial charge is 0.129 e. The SMILES string of the molecule is COc1ccc(COc2cc(Br)ccc2C)cc1C(=N)N. The van der Waals surface area contributed by atoms with Crippen LogP contribution in [-0.2, 0) is 6.61 Å². The number of hydrogen-bond donors (Lipinski definition) is 2. The summed E-state index contributed by atoms with van der Waals surface area (Å²) in [4.78, 5) is 0. The summed E-state index contributed by atoms with van der Waals surface area (Å²) >= 11 is 3.43. The van der Waals surface area contributed by atoms with Crippen LogP contribution in [0.3, 0.4) is 0 Å². The first kappa shape index (κ1) is 15.4. The minimum atomic E-state index is -0.0210. The van der Waals surface area contributed by atoms with Crippen LogP contribution in [0.2, 0.25) is 0 Å². The van der Waals surface area contributed by atoms with E-state index < -0.39 is 0 Å². The lowest BCUT2D eigenvalue weighted by atomic mass is 10.1. The first-order valence-electron chi connectivity index (χ1n) is 6.41. The molecular formula is C16H17BrN2O2. The molecular weight excluding hydrogens is 332 g/mol. The van der Waals surface area contributed by atoms with Crippen LogP contribution >= 0.6 is 15.9 Å². The number of rotatable bonds is 5. The van der Waals surface area contributed by atoms with Crippen molar-refractivity contribution in [2.75, 3.05) is 7.11 Å². The van der Waals surface area contributed by atoms with Gasteiger partial charge in [0.25, 0.3) is 0 Å². The largest absolute Gasteiger partial charge is 0.496 e. The summed E-state index contributed by atoms with van der Waals surface area (Å²) in [6.45, 7) is 2.40. The number of hydrogen-bond acceptors (Lipinski definition) is 3. The molecule has 3 N–H and O–H groups in total. The van der Waals surface area contributed by atoms with Gasteiger partial charge in [-0.25, -0.2) is 0 Å². The van der Waals surface area contributed by atoms with Crippen LogP contribution in [0.5, 0.6) is 11.5 Å². The Morgan fingerprint density at radius 3 is 2.62 bits per heavy atom. The first-order valence-corrected chi connectivity index (χ1v) is 7.21. The molecule has 0 spiro atoms. The number of benzene rings is 2. The second-order valence-corrected chi connectivity index (χ2v) is 5.56. The van der Waals surface area contributed by atoms with Crippen LogP contribution in [0, 0.1) is 12.3 Å². The Labute approximate surface area is 132 Å². The molecule has 2 aromatic rings. The zero-order valence-electron chi connectivity index (χ0n) is 11.9. The quantitative estimate of drug-likeness (QED) is 0.640. The molecule has 0 aromatic heterocycles. The van der Waals surface area contributed by atoms with Crippen molar-refractivity contribution < 1.29 is 9.47 Å². The van der Waals surface area contributed by atoms with E-state index in [4.69, 9.17) is 20.6 Å². The zero-order valence-corrected chi connectivity index (χ0v) is 13.5. The van der Waals surface area contributed by atoms with Crippen LogP contribution in [0.25, 0.3) is 0 Å². The Morgan fingerprint density at radius 2 is 1.95 bits per heavy atom. The van der Waals surface area contributed by atoms with Crippen LogP contribution < -0.4 is 15.2 Å². The van der Waals surface area contributed by atoms with Gasteiger partial charge in [0.2, 0.25) is 0 Å². The predicted molar refractivity (Wildman–Crippen MR) is 87.2 cm³/mol. The van der Waals surface area contributed by atoms with Crippen molar-refractivity contribution >= 4 is 21.8 Å². The molecule has 110 valence electrons. The van der Waals surface area contributed by atoms with Crippen LogP contribution in [-0.4, -0.2) is 12.9 Å². The van der Waals surface area contributed by atoms with Gasteiger partial charge in [0, 0.05) is 4.47 Å². The number of aryl methyl sites for hydroxylation is 1. The maximum Gasteiger partial charge on any atom is 0.129 e. The van der Waals surface area contributed by atoms with Crippen molar-refractivity contribution in [3.05, 3.63) is 57.6 Å². The third kappa shape index (κ3) is 3.76. The summed E-state index contributed by atoms with van der Waals surface area (Å²) in [5.41, 5.74) is 8.14. The maximum atomic E-state index is 7.59. The molecule has 2 aromatic carbocycles. The average Bonchev–Trinajstić information content (AvgIpc) is 2.47. The monoisotopic (exact) mass is 348 g/mol. The van der Waals surface area contributed by atoms with E-state index in [9.17, 15) is 0 Å². The number of nitrogens with one attached hydrogen (secondary N) is 1. The standard InChI is InChI=1S/C16H17BrN2O2/c1-10-3-5-12(17)8-15(10)21-9-11-4-6-14(20-2)13(7-11)16(18)19/h3-8H,9H2,1-2H3,(H3,18,19). The molecule has 0 unspecified atom stereocenters. The third-order valence-corrected chi connectivity index (χ3v) is 3.59. The van der Waals surface area contributed by atoms with Crippen molar-refractivity contribution in [3.63, 3.8) is 0 Å². The van der Waals surface area contributed by atoms with E-state index in [1.54, 1.807) is 13.2 Å². The molecule has 0 bridgehead atoms. The highest BCUT2D eigenvalue weighted by Crippen LogP contribution is 2.25. The lowest BCUT2D eigenvalue weighted by molar-refractivity contribution is 0.303. The average molecular weight is 349 g/mol. The van der Waals surface area contributed by atoms with Gasteiger partial charge in [0.15, 0.2) is 0 Å². The normalized spacial score (nSPS) is 10.2. The third-order valence-electron chi connectivity index (χ3n) is 3.10. The fourth-order valence-corrected chi connectivity index (χ4v) is 2.29. The molecule has 0 saturated heterocycles. The lowest BCUT2D eigenvalue weighted by Crippen LogP contribution is -2.13. The first-order chi connectivity index (χ1) is 10.0. The number of nitrogen functional groups attached to an aromatic ring is 1. The van der Waals surface area contributed by atoms with Gasteiger partial charge in [-0.15, -0.1) is 0 Å². The Hall–Kier alpha value is -2.01. The van der Waals surface area contributed by atoms with Gasteiger partial charge < -0.3 is 15.2 Å². The van der Waals surface area contributed by atoms with E-state index in [0.29, 0.717) is 17.9 Å². The summed E-state index contributed by atoms with van der Waals surface area (Å²) in [6, 6.07) is 11.4. The number of halogens is 1. The summed E-state index contributed by atoms with van der Waals surface area (Å²) < 4.78 is 12.0. The lowest BCUT2D eigenvalue weighted by Gasteiger charge is -2.12. The van der Waals surface area contributed by atoms with Gasteiger partial charge in [-0.1, -0.05) is 28.1 Å². The molecule has 0 amide bonds. The molecule has 0 atom stereocenters. The van der Waals surface area contributed by atoms with Gasteiger partial charge >= 0.3 is 0 Å². The Morgan fingerprint density at radius 1 is 1.19 bits per heavy atom. The molecule has 0 heterocycles. The molecule has 2 rings (SSSR count). The fourth-order valence-electron chi connectivity index (χ4n) is 1.95. The Bertz CT molecular complexity index is 671. The molecule has 0 aliphatic heterocycles. The highest BCUT2D eigenvalue weighted by molar-refractivity contribution is 9.10. The van der Waals surface area contributed by atoms with E-state index in [-0.39, 0.29) is 5.84 Å². The fraction of sp³-hybridized carbons (Fsp3) is 0.188. The summed E-state index contributed by atoms with van der Waals surface area (Å²) in [6.07, 6.45) is 0. The van der Waals surface area contributed by atoms with Gasteiger partial charge in [-0.2, -0.15) is 0 Å². The van der Waals surface area contributed by atoms with Gasteiger partial charge in [-0.3, -0.25) is 5.41 Å². The molecule has 0 radical (unpaired) electrons. The maximum absolute atomic E-state index is 7.59. The van der Waals surface area contributed by atoms with Crippen LogP contribution in [0.1, 0.15) is 16.7 Å². The van der Waals surface area contributed by atoms with E-state index >= 15 is 0 Å². The van der Waals surface area contributed by atoms with Crippen molar-refractivity contribution in [1.82, 2.24) is 0 Å². The van der Waals surface area contributed by atoms with Crippen molar-refractivity contribution in [2.24, 2.45) is 5.73 Å². The van der Waals surface area contributed by atoms with Gasteiger partial charge in [0.1, 0.15) is 23.9 Å². The second kappa shape index (κ2) is 6.63. The highest BCUT2D eigenvalue weighted by atomic mass is 79.9. The molecule has 5 heteroatoms. The second-order valence-electron chi connectivity index (χ2n) is 4.65. The molecule has 4 nitrogen and oxygen atoms in total. The van der Waals surface area contributed by atoms with E-state index in [0.717, 1.165) is 21.3 Å². The van der Waals surface area contributed by atoms with Crippen molar-refractivity contribution in [3.8, 4) is 11.5 Å². The summed E-state index contributed by atoms with van der Waals surface area (Å²) in [7, 11) is 1.56. The summed E-state index contributed by atoms with van der Waals surface area (Å²) in [5, 5.41) is 7.59. The number of nitrogens with two attached hydrogens (primary N) is 1. The van der Waals surface area contributed by atoms with Crippen molar-refractivity contribution in [1.29, 1.82) is 5.41 Å². The summed E-state index contributed by atoms with van der Waals surface area (Å²) in [5.74, 6) is 1.39. The minimum Gasteiger partial charge on any atom is -0.496 e. The topological polar surface area (TPSA) is 68.3 Å². The minimum absolute atomic E-state index is 0.0210. The van der Waals surface area contributed by atoms with Crippen molar-refractivity contribution in [2.45, 2.75) is 13.5 Å². The number of amidine groups is 1. The predicted octanol–water partition coefficient (Wildman–Crippen LogP) is 3.63. The van der Waals surface area contributed by atoms with Crippen LogP contribution in [0.4, 0.5) is 0 Å². The molecule has 21 heavy (non-hydrogen) atoms. The number of methoxy groups -OCH3 is 1. The molecule has 0 aliphatic rings. The van der Waals surface area contributed by atoms with E-state index in [1.807, 2.05) is 37.3 Å². The van der Waals surface area contributed by atoms with E-state index in [1.165, 1.54) is 0 Å². The Kier molecular flexibility index (Phi) is 4.85. The molecule has 0 fully saturated rings. The Balaban J connectivity index is 2.18. The van der Waals surface area contributed by atoms with Crippen LogP contribution in [0.15, 0.2) is 40.9 Å². The highest BCUT2D eigenvalue weighted by Gasteiger charge is 2.08. The molecule has 0 aliphatic carbocycles. The zero-order chi connectivity index (χ0) is 15.4. The number of ether oxygens (including phenoxy) is 2.